The van der Waals surface area contributed by atoms with Gasteiger partial charge in [0.05, 0.1) is 29.6 Å². The predicted octanol–water partition coefficient (Wildman–Crippen LogP) is -1.28. The number of nitrogens with zero attached hydrogens (tertiary/aromatic N) is 3. The molecule has 23 nitrogen and oxygen atoms in total. The Bertz CT molecular complexity index is 2170. The van der Waals surface area contributed by atoms with Crippen LogP contribution in [0.4, 0.5) is 0 Å². The van der Waals surface area contributed by atoms with Gasteiger partial charge in [-0.2, -0.15) is 0 Å². The third-order valence-corrected chi connectivity index (χ3v) is 13.7. The third kappa shape index (κ3) is 26.5. The highest BCUT2D eigenvalue weighted by Crippen LogP contribution is 2.12. The van der Waals surface area contributed by atoms with Crippen LogP contribution in [-0.4, -0.2) is 198 Å². The summed E-state index contributed by atoms with van der Waals surface area (Å²) in [5, 5.41) is 28.4. The van der Waals surface area contributed by atoms with Crippen LogP contribution in [0.2, 0.25) is 0 Å². The van der Waals surface area contributed by atoms with E-state index in [1.807, 2.05) is 9.80 Å². The molecule has 0 bridgehead atoms. The Morgan fingerprint density at radius 3 is 0.537 bits per heavy atom. The number of hydrogen-bond acceptors (Lipinski definition) is 13. The normalized spacial score (nSPS) is 15.1. The second-order valence-electron chi connectivity index (χ2n) is 20.0. The van der Waals surface area contributed by atoms with Gasteiger partial charge in [-0.15, -0.1) is 0 Å². The molecule has 10 N–H and O–H groups in total. The van der Waals surface area contributed by atoms with Crippen molar-refractivity contribution in [3.63, 3.8) is 0 Å². The number of carbonyl (C=O) groups is 10. The fourth-order valence-electron chi connectivity index (χ4n) is 8.87. The summed E-state index contributed by atoms with van der Waals surface area (Å²) >= 11 is 0. The van der Waals surface area contributed by atoms with E-state index in [-0.39, 0.29) is 212 Å². The van der Waals surface area contributed by atoms with E-state index in [4.69, 9.17) is 0 Å². The Morgan fingerprint density at radius 2 is 0.366 bits per heavy atom. The largest absolute Gasteiger partial charge is 0.354 e. The molecular formula is C59H83N13O10. The van der Waals surface area contributed by atoms with E-state index in [2.05, 4.69) is 58.1 Å². The van der Waals surface area contributed by atoms with E-state index in [0.717, 1.165) is 0 Å². The molecule has 5 rings (SSSR count). The maximum Gasteiger partial charge on any atom is 0.230 e. The zero-order chi connectivity index (χ0) is 58.6. The highest BCUT2D eigenvalue weighted by Gasteiger charge is 2.21. The van der Waals surface area contributed by atoms with Crippen LogP contribution < -0.4 is 53.2 Å². The van der Waals surface area contributed by atoms with Crippen molar-refractivity contribution in [2.24, 2.45) is 29.6 Å². The lowest BCUT2D eigenvalue weighted by molar-refractivity contribution is -0.124. The van der Waals surface area contributed by atoms with Crippen molar-refractivity contribution < 1.29 is 47.9 Å². The topological polar surface area (TPSA) is 301 Å². The van der Waals surface area contributed by atoms with Crippen molar-refractivity contribution in [3.05, 3.63) is 122 Å². The average molecular weight is 1130 g/mol. The Hall–Kier alpha value is -8.02. The molecule has 0 saturated carbocycles. The molecule has 5 aliphatic carbocycles. The molecule has 0 saturated heterocycles. The summed E-state index contributed by atoms with van der Waals surface area (Å²) in [5.41, 5.74) is 0. The summed E-state index contributed by atoms with van der Waals surface area (Å²) in [6, 6.07) is 0. The second kappa shape index (κ2) is 37.8. The summed E-state index contributed by atoms with van der Waals surface area (Å²) in [7, 11) is 0. The molecule has 0 aromatic carbocycles. The Labute approximate surface area is 480 Å². The molecule has 444 valence electrons. The van der Waals surface area contributed by atoms with E-state index in [1.54, 1.807) is 122 Å². The highest BCUT2D eigenvalue weighted by molar-refractivity contribution is 5.86. The van der Waals surface area contributed by atoms with Crippen LogP contribution in [0.5, 0.6) is 0 Å². The summed E-state index contributed by atoms with van der Waals surface area (Å²) < 4.78 is 0. The average Bonchev–Trinajstić information content (AvgIpc) is 4.36. The minimum atomic E-state index is -0.351. The number of hydrogen-bond donors (Lipinski definition) is 10. The zero-order valence-electron chi connectivity index (χ0n) is 46.8. The van der Waals surface area contributed by atoms with Gasteiger partial charge in [0.2, 0.25) is 59.1 Å². The zero-order valence-corrected chi connectivity index (χ0v) is 46.8. The van der Waals surface area contributed by atoms with Gasteiger partial charge < -0.3 is 67.9 Å². The lowest BCUT2D eigenvalue weighted by Crippen LogP contribution is -2.44. The van der Waals surface area contributed by atoms with Crippen LogP contribution in [0.1, 0.15) is 32.1 Å². The highest BCUT2D eigenvalue weighted by atomic mass is 16.2. The van der Waals surface area contributed by atoms with Gasteiger partial charge in [0.15, 0.2) is 0 Å². The van der Waals surface area contributed by atoms with Crippen LogP contribution in [0.25, 0.3) is 0 Å². The van der Waals surface area contributed by atoms with Gasteiger partial charge in [-0.05, 0) is 0 Å². The maximum atomic E-state index is 13.3. The van der Waals surface area contributed by atoms with E-state index in [1.165, 1.54) is 0 Å². The molecule has 10 amide bonds. The molecule has 5 aliphatic rings. The van der Waals surface area contributed by atoms with Crippen LogP contribution in [0.3, 0.4) is 0 Å². The molecule has 0 aromatic rings. The fourth-order valence-corrected chi connectivity index (χ4v) is 8.87. The second-order valence-corrected chi connectivity index (χ2v) is 20.0. The lowest BCUT2D eigenvalue weighted by atomic mass is 10.1. The summed E-state index contributed by atoms with van der Waals surface area (Å²) in [6.07, 6.45) is 36.3. The molecule has 0 aromatic heterocycles. The monoisotopic (exact) mass is 1130 g/mol. The number of rotatable bonds is 41. The molecule has 0 radical (unpaired) electrons. The minimum absolute atomic E-state index is 0.0904. The molecular weight excluding hydrogens is 1050 g/mol. The van der Waals surface area contributed by atoms with E-state index >= 15 is 0 Å². The fraction of sp³-hybridized carbons (Fsp3) is 0.492. The molecule has 0 fully saturated rings. The van der Waals surface area contributed by atoms with Crippen molar-refractivity contribution in [1.82, 2.24) is 67.9 Å². The van der Waals surface area contributed by atoms with E-state index in [9.17, 15) is 47.9 Å². The Morgan fingerprint density at radius 1 is 0.220 bits per heavy atom. The smallest absolute Gasteiger partial charge is 0.230 e. The summed E-state index contributed by atoms with van der Waals surface area (Å²) in [4.78, 5) is 134. The van der Waals surface area contributed by atoms with Gasteiger partial charge in [-0.1, -0.05) is 122 Å². The first-order valence-electron chi connectivity index (χ1n) is 28.5. The number of carbonyl (C=O) groups excluding carboxylic acids is 10. The Kier molecular flexibility index (Phi) is 29.9. The van der Waals surface area contributed by atoms with Crippen molar-refractivity contribution in [3.8, 4) is 0 Å². The van der Waals surface area contributed by atoms with Gasteiger partial charge in [-0.25, -0.2) is 0 Å². The van der Waals surface area contributed by atoms with Gasteiger partial charge >= 0.3 is 0 Å². The quantitative estimate of drug-likeness (QED) is 0.0320. The minimum Gasteiger partial charge on any atom is -0.354 e. The standard InChI is InChI=1S/C59H83N13O10/c73-50(60-26-31-65-55(78)45-11-1-2-12-45)21-36-70(37-22-51(74)61-27-32-66-56(79)46-13-3-4-14-46)41-43-72(40-25-54(77)64-30-35-69-59(82)49-19-9-10-20-49)44-42-71(38-23-52(75)62-28-33-67-57(80)47-15-5-6-16-47)39-24-53(76)63-29-34-68-58(81)48-17-7-8-18-48/h1-20,45-49H,21-44H2,(H,60,73)(H,61,74)(H,62,75)(H,63,76)(H,64,77)(H,65,78)(H,66,79)(H,67,80)(H,68,81)(H,69,82). The SMILES string of the molecule is O=C(CCN(CCC(=O)NCCNC(=O)C1C=CC=C1)CCN(CCC(=O)NCCNC(=O)C1C=CC=C1)CCN(CCC(=O)NCCNC(=O)C1C=CC=C1)CCC(=O)NCCNC(=O)C1C=CC=C1)NCCNC(=O)C1C=CC=C1. The molecule has 0 atom stereocenters. The Balaban J connectivity index is 1.20. The van der Waals surface area contributed by atoms with Crippen LogP contribution in [0.15, 0.2) is 122 Å². The van der Waals surface area contributed by atoms with Crippen LogP contribution in [0, 0.1) is 29.6 Å². The lowest BCUT2D eigenvalue weighted by Gasteiger charge is -2.30. The molecule has 23 heteroatoms. The van der Waals surface area contributed by atoms with Crippen molar-refractivity contribution in [1.29, 1.82) is 0 Å². The summed E-state index contributed by atoms with van der Waals surface area (Å²) in [6.45, 7) is 5.27. The predicted molar refractivity (Wildman–Crippen MR) is 311 cm³/mol. The summed E-state index contributed by atoms with van der Waals surface area (Å²) in [5.74, 6) is -3.78. The van der Waals surface area contributed by atoms with Gasteiger partial charge in [0.1, 0.15) is 0 Å². The maximum absolute atomic E-state index is 13.3. The molecule has 82 heavy (non-hydrogen) atoms. The first-order valence-corrected chi connectivity index (χ1v) is 28.5. The molecule has 0 aliphatic heterocycles. The first kappa shape index (κ1) is 64.8. The van der Waals surface area contributed by atoms with Crippen molar-refractivity contribution >= 4 is 59.1 Å². The number of nitrogens with one attached hydrogen (secondary N) is 10. The van der Waals surface area contributed by atoms with Gasteiger partial charge in [0, 0.05) is 156 Å². The number of allylic oxidation sites excluding steroid dienone is 10. The van der Waals surface area contributed by atoms with Crippen LogP contribution in [-0.2, 0) is 47.9 Å². The van der Waals surface area contributed by atoms with E-state index in [0.29, 0.717) is 32.7 Å². The molecule has 0 heterocycles. The molecule has 0 spiro atoms. The van der Waals surface area contributed by atoms with Crippen molar-refractivity contribution in [2.75, 3.05) is 124 Å². The third-order valence-electron chi connectivity index (χ3n) is 13.7. The van der Waals surface area contributed by atoms with Crippen molar-refractivity contribution in [2.45, 2.75) is 32.1 Å². The van der Waals surface area contributed by atoms with E-state index < -0.39 is 0 Å². The number of amides is 10. The molecule has 0 unspecified atom stereocenters. The van der Waals surface area contributed by atoms with Gasteiger partial charge in [-0.3, -0.25) is 47.9 Å². The first-order chi connectivity index (χ1) is 39.8. The van der Waals surface area contributed by atoms with Crippen LogP contribution >= 0.6 is 0 Å². The van der Waals surface area contributed by atoms with Gasteiger partial charge in [0.25, 0.3) is 0 Å².